The molecule has 0 spiro atoms. The first-order valence-corrected chi connectivity index (χ1v) is 9.96. The summed E-state index contributed by atoms with van der Waals surface area (Å²) in [6, 6.07) is 22.2. The van der Waals surface area contributed by atoms with Gasteiger partial charge in [-0.3, -0.25) is 4.79 Å². The monoisotopic (exact) mass is 382 g/mol. The van der Waals surface area contributed by atoms with Crippen molar-refractivity contribution in [3.63, 3.8) is 0 Å². The number of benzene rings is 3. The van der Waals surface area contributed by atoms with E-state index in [1.165, 1.54) is 0 Å². The number of fused-ring (bicyclic) bond motifs is 2. The van der Waals surface area contributed by atoms with Crippen LogP contribution >= 0.6 is 0 Å². The lowest BCUT2D eigenvalue weighted by Crippen LogP contribution is -2.49. The molecule has 0 unspecified atom stereocenters. The van der Waals surface area contributed by atoms with Crippen molar-refractivity contribution in [1.29, 1.82) is 0 Å². The molecule has 29 heavy (non-hydrogen) atoms. The number of hydrogen-bond donors (Lipinski definition) is 0. The van der Waals surface area contributed by atoms with E-state index < -0.39 is 0 Å². The predicted octanol–water partition coefficient (Wildman–Crippen LogP) is 4.05. The van der Waals surface area contributed by atoms with E-state index in [-0.39, 0.29) is 5.91 Å². The largest absolute Gasteiger partial charge is 0.351 e. The van der Waals surface area contributed by atoms with E-state index in [4.69, 9.17) is 0 Å². The molecule has 3 aromatic carbocycles. The van der Waals surface area contributed by atoms with Gasteiger partial charge in [-0.15, -0.1) is 5.10 Å². The van der Waals surface area contributed by atoms with Crippen molar-refractivity contribution < 1.29 is 4.79 Å². The highest BCUT2D eigenvalue weighted by Crippen LogP contribution is 2.27. The third-order valence-electron chi connectivity index (χ3n) is 5.74. The lowest BCUT2D eigenvalue weighted by Gasteiger charge is -2.35. The fourth-order valence-corrected chi connectivity index (χ4v) is 4.16. The molecule has 144 valence electrons. The smallest absolute Gasteiger partial charge is 0.254 e. The summed E-state index contributed by atoms with van der Waals surface area (Å²) < 4.78 is 0. The average Bonchev–Trinajstić information content (AvgIpc) is 2.79. The topological polar surface area (TPSA) is 49.3 Å². The molecule has 4 aromatic rings. The molecule has 5 rings (SSSR count). The van der Waals surface area contributed by atoms with Crippen LogP contribution in [0.1, 0.15) is 16.1 Å². The van der Waals surface area contributed by atoms with Gasteiger partial charge in [0, 0.05) is 42.5 Å². The highest BCUT2D eigenvalue weighted by molar-refractivity contribution is 6.07. The number of aromatic nitrogens is 2. The van der Waals surface area contributed by atoms with E-state index in [0.717, 1.165) is 51.7 Å². The summed E-state index contributed by atoms with van der Waals surface area (Å²) in [7, 11) is 0. The minimum Gasteiger partial charge on any atom is -0.351 e. The Hall–Kier alpha value is -3.47. The Balaban J connectivity index is 1.38. The SMILES string of the molecule is Cc1nnc(N2CCN(C(=O)c3cccc4ccccc34)CC2)c2ccccc12. The number of nitrogens with zero attached hydrogens (tertiary/aromatic N) is 4. The summed E-state index contributed by atoms with van der Waals surface area (Å²) in [5.41, 5.74) is 1.71. The van der Waals surface area contributed by atoms with E-state index in [9.17, 15) is 4.79 Å². The van der Waals surface area contributed by atoms with Gasteiger partial charge in [-0.25, -0.2) is 0 Å². The lowest BCUT2D eigenvalue weighted by molar-refractivity contribution is 0.0748. The molecule has 0 saturated carbocycles. The van der Waals surface area contributed by atoms with Crippen molar-refractivity contribution >= 4 is 33.3 Å². The summed E-state index contributed by atoms with van der Waals surface area (Å²) in [4.78, 5) is 17.4. The van der Waals surface area contributed by atoms with Gasteiger partial charge in [0.05, 0.1) is 5.69 Å². The summed E-state index contributed by atoms with van der Waals surface area (Å²) in [6.45, 7) is 4.83. The van der Waals surface area contributed by atoms with Crippen LogP contribution in [0.25, 0.3) is 21.5 Å². The molecular formula is C24H22N4O. The molecule has 1 amide bonds. The van der Waals surface area contributed by atoms with Crippen molar-refractivity contribution in [2.24, 2.45) is 0 Å². The standard InChI is InChI=1S/C24H22N4O/c1-17-19-9-4-5-11-21(19)23(26-25-17)27-13-15-28(16-14-27)24(29)22-12-6-8-18-7-2-3-10-20(18)22/h2-12H,13-16H2,1H3. The Kier molecular flexibility index (Phi) is 4.35. The molecule has 0 N–H and O–H groups in total. The second-order valence-electron chi connectivity index (χ2n) is 7.46. The Morgan fingerprint density at radius 2 is 1.41 bits per heavy atom. The molecule has 5 nitrogen and oxygen atoms in total. The van der Waals surface area contributed by atoms with Gasteiger partial charge >= 0.3 is 0 Å². The van der Waals surface area contributed by atoms with E-state index in [0.29, 0.717) is 13.1 Å². The van der Waals surface area contributed by atoms with Crippen molar-refractivity contribution in [2.45, 2.75) is 6.92 Å². The van der Waals surface area contributed by atoms with Gasteiger partial charge in [0.25, 0.3) is 5.91 Å². The van der Waals surface area contributed by atoms with Gasteiger partial charge in [-0.05, 0) is 23.8 Å². The molecule has 1 saturated heterocycles. The van der Waals surface area contributed by atoms with Crippen LogP contribution in [0.15, 0.2) is 66.7 Å². The number of aryl methyl sites for hydroxylation is 1. The van der Waals surface area contributed by atoms with Gasteiger partial charge in [-0.1, -0.05) is 60.7 Å². The van der Waals surface area contributed by atoms with Crippen LogP contribution in [0, 0.1) is 6.92 Å². The van der Waals surface area contributed by atoms with Crippen LogP contribution in [0.3, 0.4) is 0 Å². The first-order valence-electron chi connectivity index (χ1n) is 9.96. The van der Waals surface area contributed by atoms with Crippen LogP contribution in [0.2, 0.25) is 0 Å². The molecule has 0 atom stereocenters. The maximum Gasteiger partial charge on any atom is 0.254 e. The zero-order chi connectivity index (χ0) is 19.8. The summed E-state index contributed by atoms with van der Waals surface area (Å²) in [5, 5.41) is 13.2. The molecule has 0 radical (unpaired) electrons. The highest BCUT2D eigenvalue weighted by atomic mass is 16.2. The number of anilines is 1. The second kappa shape index (κ2) is 7.17. The second-order valence-corrected chi connectivity index (χ2v) is 7.46. The van der Waals surface area contributed by atoms with Crippen LogP contribution < -0.4 is 4.90 Å². The zero-order valence-corrected chi connectivity index (χ0v) is 16.4. The first-order chi connectivity index (χ1) is 14.2. The molecule has 1 aliphatic heterocycles. The fourth-order valence-electron chi connectivity index (χ4n) is 4.16. The van der Waals surface area contributed by atoms with Crippen LogP contribution in [0.5, 0.6) is 0 Å². The average molecular weight is 382 g/mol. The van der Waals surface area contributed by atoms with E-state index in [2.05, 4.69) is 27.2 Å². The quantitative estimate of drug-likeness (QED) is 0.525. The fraction of sp³-hybridized carbons (Fsp3) is 0.208. The molecule has 0 aliphatic carbocycles. The summed E-state index contributed by atoms with van der Waals surface area (Å²) >= 11 is 0. The molecule has 2 heterocycles. The molecule has 1 fully saturated rings. The maximum absolute atomic E-state index is 13.2. The van der Waals surface area contributed by atoms with Crippen LogP contribution in [0.4, 0.5) is 5.82 Å². The number of hydrogen-bond acceptors (Lipinski definition) is 4. The van der Waals surface area contributed by atoms with Crippen LogP contribution in [-0.2, 0) is 0 Å². The third kappa shape index (κ3) is 3.09. The Morgan fingerprint density at radius 1 is 0.759 bits per heavy atom. The van der Waals surface area contributed by atoms with E-state index in [1.807, 2.05) is 66.4 Å². The summed E-state index contributed by atoms with van der Waals surface area (Å²) in [5.74, 6) is 1.00. The number of carbonyl (C=O) groups is 1. The highest BCUT2D eigenvalue weighted by Gasteiger charge is 2.25. The first kappa shape index (κ1) is 17.6. The van der Waals surface area contributed by atoms with Gasteiger partial charge < -0.3 is 9.80 Å². The normalized spacial score (nSPS) is 14.5. The molecule has 1 aromatic heterocycles. The maximum atomic E-state index is 13.2. The van der Waals surface area contributed by atoms with Crippen molar-refractivity contribution in [2.75, 3.05) is 31.1 Å². The summed E-state index contributed by atoms with van der Waals surface area (Å²) in [6.07, 6.45) is 0. The van der Waals surface area contributed by atoms with E-state index in [1.54, 1.807) is 0 Å². The minimum absolute atomic E-state index is 0.0984. The predicted molar refractivity (Wildman–Crippen MR) is 116 cm³/mol. The van der Waals surface area contributed by atoms with E-state index >= 15 is 0 Å². The molecular weight excluding hydrogens is 360 g/mol. The lowest BCUT2D eigenvalue weighted by atomic mass is 10.0. The Bertz CT molecular complexity index is 1210. The molecule has 1 aliphatic rings. The number of amides is 1. The van der Waals surface area contributed by atoms with Gasteiger partial charge in [-0.2, -0.15) is 5.10 Å². The zero-order valence-electron chi connectivity index (χ0n) is 16.4. The van der Waals surface area contributed by atoms with Crippen molar-refractivity contribution in [1.82, 2.24) is 15.1 Å². The number of rotatable bonds is 2. The Morgan fingerprint density at radius 3 is 2.21 bits per heavy atom. The Labute approximate surface area is 169 Å². The van der Waals surface area contributed by atoms with Crippen LogP contribution in [-0.4, -0.2) is 47.2 Å². The molecule has 5 heteroatoms. The number of piperazine rings is 1. The van der Waals surface area contributed by atoms with Crippen molar-refractivity contribution in [3.8, 4) is 0 Å². The minimum atomic E-state index is 0.0984. The third-order valence-corrected chi connectivity index (χ3v) is 5.74. The molecule has 0 bridgehead atoms. The van der Waals surface area contributed by atoms with Gasteiger partial charge in [0.2, 0.25) is 0 Å². The van der Waals surface area contributed by atoms with Gasteiger partial charge in [0.1, 0.15) is 0 Å². The van der Waals surface area contributed by atoms with Gasteiger partial charge in [0.15, 0.2) is 5.82 Å². The number of carbonyl (C=O) groups excluding carboxylic acids is 1. The van der Waals surface area contributed by atoms with Crippen molar-refractivity contribution in [3.05, 3.63) is 78.0 Å².